The molecular formula is C23H18N4O2. The van der Waals surface area contributed by atoms with Gasteiger partial charge >= 0.3 is 0 Å². The highest BCUT2D eigenvalue weighted by molar-refractivity contribution is 6.04. The molecule has 1 heterocycles. The monoisotopic (exact) mass is 382 g/mol. The molecule has 1 N–H and O–H groups in total. The smallest absolute Gasteiger partial charge is 0.267 e. The van der Waals surface area contributed by atoms with Crippen LogP contribution in [0.15, 0.2) is 88.8 Å². The van der Waals surface area contributed by atoms with Gasteiger partial charge in [0, 0.05) is 12.4 Å². The molecule has 0 bridgehead atoms. The number of aryl methyl sites for hydroxylation is 1. The zero-order valence-corrected chi connectivity index (χ0v) is 15.7. The van der Waals surface area contributed by atoms with Crippen LogP contribution in [0.4, 0.5) is 0 Å². The van der Waals surface area contributed by atoms with Crippen molar-refractivity contribution in [1.29, 1.82) is 0 Å². The number of hydrogen-bond donors (Lipinski definition) is 1. The Labute approximate surface area is 167 Å². The van der Waals surface area contributed by atoms with E-state index in [1.54, 1.807) is 30.5 Å². The number of carbonyl (C=O) groups excluding carboxylic acids is 1. The molecule has 0 saturated heterocycles. The summed E-state index contributed by atoms with van der Waals surface area (Å²) in [5.41, 5.74) is 5.48. The molecule has 0 aliphatic carbocycles. The molecule has 0 spiro atoms. The standard InChI is InChI=1S/C23H18N4O2/c1-27-23(29)20-10-6-5-9-19(20)21(26-27)22(28)25-24-15-16-11-13-18(14-12-16)17-7-3-2-4-8-17/h2-15H,1H3,(H,25,28)/b24-15-. The quantitative estimate of drug-likeness (QED) is 0.434. The lowest BCUT2D eigenvalue weighted by molar-refractivity contribution is 0.0950. The molecule has 29 heavy (non-hydrogen) atoms. The molecule has 6 nitrogen and oxygen atoms in total. The van der Waals surface area contributed by atoms with Crippen LogP contribution in [0.3, 0.4) is 0 Å². The van der Waals surface area contributed by atoms with E-state index in [1.165, 1.54) is 7.05 Å². The van der Waals surface area contributed by atoms with Crippen molar-refractivity contribution in [3.8, 4) is 11.1 Å². The van der Waals surface area contributed by atoms with Crippen molar-refractivity contribution in [2.24, 2.45) is 12.1 Å². The van der Waals surface area contributed by atoms with E-state index in [1.807, 2.05) is 54.6 Å². The number of nitrogens with one attached hydrogen (secondary N) is 1. The van der Waals surface area contributed by atoms with Crippen molar-refractivity contribution in [2.45, 2.75) is 0 Å². The van der Waals surface area contributed by atoms with Crippen LogP contribution in [-0.2, 0) is 7.05 Å². The van der Waals surface area contributed by atoms with Gasteiger partial charge < -0.3 is 0 Å². The summed E-state index contributed by atoms with van der Waals surface area (Å²) in [5, 5.41) is 9.05. The summed E-state index contributed by atoms with van der Waals surface area (Å²) >= 11 is 0. The number of amides is 1. The molecule has 0 unspecified atom stereocenters. The predicted octanol–water partition coefficient (Wildman–Crippen LogP) is 3.36. The van der Waals surface area contributed by atoms with Gasteiger partial charge in [-0.05, 0) is 22.8 Å². The van der Waals surface area contributed by atoms with Gasteiger partial charge in [0.25, 0.3) is 11.5 Å². The van der Waals surface area contributed by atoms with E-state index in [2.05, 4.69) is 15.6 Å². The first-order valence-corrected chi connectivity index (χ1v) is 9.08. The van der Waals surface area contributed by atoms with Crippen LogP contribution < -0.4 is 11.0 Å². The minimum absolute atomic E-state index is 0.152. The van der Waals surface area contributed by atoms with E-state index in [-0.39, 0.29) is 11.3 Å². The Balaban J connectivity index is 1.52. The molecule has 0 radical (unpaired) electrons. The second kappa shape index (κ2) is 7.90. The molecule has 6 heteroatoms. The maximum atomic E-state index is 12.5. The summed E-state index contributed by atoms with van der Waals surface area (Å²) in [7, 11) is 1.52. The van der Waals surface area contributed by atoms with E-state index in [4.69, 9.17) is 0 Å². The van der Waals surface area contributed by atoms with Crippen molar-refractivity contribution >= 4 is 22.9 Å². The van der Waals surface area contributed by atoms with Crippen LogP contribution in [0.5, 0.6) is 0 Å². The van der Waals surface area contributed by atoms with Crippen LogP contribution >= 0.6 is 0 Å². The largest absolute Gasteiger partial charge is 0.292 e. The van der Waals surface area contributed by atoms with Gasteiger partial charge in [0.1, 0.15) is 0 Å². The van der Waals surface area contributed by atoms with E-state index in [9.17, 15) is 9.59 Å². The van der Waals surface area contributed by atoms with E-state index < -0.39 is 5.91 Å². The lowest BCUT2D eigenvalue weighted by Gasteiger charge is -2.06. The SMILES string of the molecule is Cn1nc(C(=O)N/N=C\c2ccc(-c3ccccc3)cc2)c2ccccc2c1=O. The second-order valence-electron chi connectivity index (χ2n) is 6.51. The van der Waals surface area contributed by atoms with Crippen LogP contribution in [-0.4, -0.2) is 21.9 Å². The number of carbonyl (C=O) groups is 1. The molecule has 4 rings (SSSR count). The molecule has 0 aliphatic heterocycles. The van der Waals surface area contributed by atoms with Crippen LogP contribution in [0.25, 0.3) is 21.9 Å². The minimum Gasteiger partial charge on any atom is -0.267 e. The van der Waals surface area contributed by atoms with E-state index in [0.29, 0.717) is 10.8 Å². The summed E-state index contributed by atoms with van der Waals surface area (Å²) in [4.78, 5) is 24.7. The first-order valence-electron chi connectivity index (χ1n) is 9.08. The van der Waals surface area contributed by atoms with Crippen molar-refractivity contribution in [2.75, 3.05) is 0 Å². The number of rotatable bonds is 4. The summed E-state index contributed by atoms with van der Waals surface area (Å²) < 4.78 is 1.16. The normalized spacial score (nSPS) is 11.1. The Morgan fingerprint density at radius 2 is 1.52 bits per heavy atom. The number of nitrogens with zero attached hydrogens (tertiary/aromatic N) is 3. The molecule has 0 atom stereocenters. The van der Waals surface area contributed by atoms with Gasteiger partial charge in [-0.1, -0.05) is 72.8 Å². The molecule has 0 saturated carbocycles. The van der Waals surface area contributed by atoms with Gasteiger partial charge in [-0.25, -0.2) is 10.1 Å². The number of fused-ring (bicyclic) bond motifs is 1. The van der Waals surface area contributed by atoms with Gasteiger partial charge in [-0.15, -0.1) is 0 Å². The van der Waals surface area contributed by atoms with Crippen molar-refractivity contribution in [1.82, 2.24) is 15.2 Å². The number of aromatic nitrogens is 2. The van der Waals surface area contributed by atoms with Gasteiger partial charge in [-0.2, -0.15) is 10.2 Å². The third-order valence-corrected chi connectivity index (χ3v) is 4.57. The number of hydrazone groups is 1. The van der Waals surface area contributed by atoms with Gasteiger partial charge in [-0.3, -0.25) is 9.59 Å². The van der Waals surface area contributed by atoms with Crippen LogP contribution in [0.1, 0.15) is 16.1 Å². The summed E-state index contributed by atoms with van der Waals surface area (Å²) in [6.45, 7) is 0. The zero-order chi connectivity index (χ0) is 20.2. The van der Waals surface area contributed by atoms with Crippen LogP contribution in [0.2, 0.25) is 0 Å². The van der Waals surface area contributed by atoms with Gasteiger partial charge in [0.2, 0.25) is 0 Å². The van der Waals surface area contributed by atoms with Crippen molar-refractivity contribution in [3.63, 3.8) is 0 Å². The Kier molecular flexibility index (Phi) is 4.99. The third-order valence-electron chi connectivity index (χ3n) is 4.57. The summed E-state index contributed by atoms with van der Waals surface area (Å²) in [6.07, 6.45) is 1.57. The maximum Gasteiger partial charge on any atom is 0.292 e. The molecular weight excluding hydrogens is 364 g/mol. The highest BCUT2D eigenvalue weighted by Crippen LogP contribution is 2.18. The average Bonchev–Trinajstić information content (AvgIpc) is 2.77. The lowest BCUT2D eigenvalue weighted by Crippen LogP contribution is -2.27. The zero-order valence-electron chi connectivity index (χ0n) is 15.7. The number of hydrogen-bond acceptors (Lipinski definition) is 4. The van der Waals surface area contributed by atoms with Crippen LogP contribution in [0, 0.1) is 0 Å². The molecule has 0 fully saturated rings. The highest BCUT2D eigenvalue weighted by Gasteiger charge is 2.14. The fraction of sp³-hybridized carbons (Fsp3) is 0.0435. The molecule has 0 aliphatic rings. The topological polar surface area (TPSA) is 76.3 Å². The maximum absolute atomic E-state index is 12.5. The fourth-order valence-corrected chi connectivity index (χ4v) is 3.08. The highest BCUT2D eigenvalue weighted by atomic mass is 16.2. The molecule has 1 amide bonds. The fourth-order valence-electron chi connectivity index (χ4n) is 3.08. The number of benzene rings is 3. The average molecular weight is 382 g/mol. The van der Waals surface area contributed by atoms with E-state index >= 15 is 0 Å². The first kappa shape index (κ1) is 18.3. The molecule has 4 aromatic rings. The Bertz CT molecular complexity index is 1260. The Hall–Kier alpha value is -4.06. The Morgan fingerprint density at radius 3 is 2.24 bits per heavy atom. The summed E-state index contributed by atoms with van der Waals surface area (Å²) in [5.74, 6) is -0.478. The summed E-state index contributed by atoms with van der Waals surface area (Å²) in [6, 6.07) is 24.8. The van der Waals surface area contributed by atoms with E-state index in [0.717, 1.165) is 21.4 Å². The molecule has 142 valence electrons. The third kappa shape index (κ3) is 3.82. The second-order valence-corrected chi connectivity index (χ2v) is 6.51. The Morgan fingerprint density at radius 1 is 0.897 bits per heavy atom. The molecule has 1 aromatic heterocycles. The minimum atomic E-state index is -0.478. The molecule has 3 aromatic carbocycles. The first-order chi connectivity index (χ1) is 14.1. The van der Waals surface area contributed by atoms with Crippen molar-refractivity contribution in [3.05, 3.63) is 100 Å². The van der Waals surface area contributed by atoms with Crippen molar-refractivity contribution < 1.29 is 4.79 Å². The van der Waals surface area contributed by atoms with Gasteiger partial charge in [0.05, 0.1) is 11.6 Å². The van der Waals surface area contributed by atoms with Gasteiger partial charge in [0.15, 0.2) is 5.69 Å². The lowest BCUT2D eigenvalue weighted by atomic mass is 10.0. The predicted molar refractivity (Wildman–Crippen MR) is 114 cm³/mol.